The highest BCUT2D eigenvalue weighted by atomic mass is 32.1. The highest BCUT2D eigenvalue weighted by molar-refractivity contribution is 7.15. The van der Waals surface area contributed by atoms with E-state index < -0.39 is 0 Å². The summed E-state index contributed by atoms with van der Waals surface area (Å²) < 4.78 is 0. The molecular weight excluding hydrogens is 218 g/mol. The summed E-state index contributed by atoms with van der Waals surface area (Å²) in [4.78, 5) is 2.47. The van der Waals surface area contributed by atoms with Crippen LogP contribution >= 0.6 is 11.3 Å². The second-order valence-electron chi connectivity index (χ2n) is 3.76. The molecule has 0 aliphatic rings. The molecule has 0 atom stereocenters. The fourth-order valence-corrected chi connectivity index (χ4v) is 2.65. The molecule has 1 aromatic heterocycles. The molecule has 2 rings (SSSR count). The van der Waals surface area contributed by atoms with Crippen LogP contribution in [0.25, 0.3) is 10.4 Å². The van der Waals surface area contributed by atoms with Gasteiger partial charge in [-0.15, -0.1) is 11.3 Å². The standard InChI is InChI=1S/C13H15NOS/c1-9-5-6-12(16-9)11-4-2-3-10(7-8-15)13(11)14/h2-6,15H,7-8,14H2,1H3. The number of aliphatic hydroxyl groups is 1. The van der Waals surface area contributed by atoms with Gasteiger partial charge in [-0.05, 0) is 31.0 Å². The Morgan fingerprint density at radius 3 is 2.69 bits per heavy atom. The molecule has 0 aliphatic carbocycles. The predicted molar refractivity (Wildman–Crippen MR) is 69.7 cm³/mol. The van der Waals surface area contributed by atoms with Gasteiger partial charge >= 0.3 is 0 Å². The van der Waals surface area contributed by atoms with Crippen LogP contribution in [0.2, 0.25) is 0 Å². The van der Waals surface area contributed by atoms with Gasteiger partial charge in [0.2, 0.25) is 0 Å². The molecule has 0 spiro atoms. The number of nitrogen functional groups attached to an aromatic ring is 1. The Morgan fingerprint density at radius 2 is 2.06 bits per heavy atom. The maximum Gasteiger partial charge on any atom is 0.0472 e. The second-order valence-corrected chi connectivity index (χ2v) is 5.05. The minimum absolute atomic E-state index is 0.136. The first-order chi connectivity index (χ1) is 7.72. The fourth-order valence-electron chi connectivity index (χ4n) is 1.75. The molecule has 3 heteroatoms. The van der Waals surface area contributed by atoms with Gasteiger partial charge < -0.3 is 10.8 Å². The van der Waals surface area contributed by atoms with Crippen LogP contribution in [-0.2, 0) is 6.42 Å². The van der Waals surface area contributed by atoms with Crippen molar-refractivity contribution in [1.82, 2.24) is 0 Å². The van der Waals surface area contributed by atoms with Crippen molar-refractivity contribution in [2.75, 3.05) is 12.3 Å². The van der Waals surface area contributed by atoms with Gasteiger partial charge in [0.25, 0.3) is 0 Å². The average molecular weight is 233 g/mol. The minimum atomic E-state index is 0.136. The Balaban J connectivity index is 2.45. The van der Waals surface area contributed by atoms with E-state index in [1.807, 2.05) is 18.2 Å². The van der Waals surface area contributed by atoms with Crippen molar-refractivity contribution in [3.05, 3.63) is 40.8 Å². The molecule has 0 amide bonds. The van der Waals surface area contributed by atoms with E-state index >= 15 is 0 Å². The summed E-state index contributed by atoms with van der Waals surface area (Å²) in [5, 5.41) is 8.96. The van der Waals surface area contributed by atoms with Gasteiger partial charge in [0.05, 0.1) is 0 Å². The Morgan fingerprint density at radius 1 is 1.25 bits per heavy atom. The summed E-state index contributed by atoms with van der Waals surface area (Å²) >= 11 is 1.74. The van der Waals surface area contributed by atoms with Gasteiger partial charge in [-0.25, -0.2) is 0 Å². The van der Waals surface area contributed by atoms with E-state index in [1.54, 1.807) is 11.3 Å². The predicted octanol–water partition coefficient (Wildman–Crippen LogP) is 2.84. The molecular formula is C13H15NOS. The molecule has 0 bridgehead atoms. The Labute approximate surface area is 99.4 Å². The van der Waals surface area contributed by atoms with Gasteiger partial charge in [0, 0.05) is 27.6 Å². The number of anilines is 1. The highest BCUT2D eigenvalue weighted by Crippen LogP contribution is 2.33. The number of benzene rings is 1. The van der Waals surface area contributed by atoms with Crippen LogP contribution in [0.3, 0.4) is 0 Å². The van der Waals surface area contributed by atoms with E-state index in [0.717, 1.165) is 16.8 Å². The van der Waals surface area contributed by atoms with Gasteiger partial charge in [0.15, 0.2) is 0 Å². The first-order valence-corrected chi connectivity index (χ1v) is 6.09. The van der Waals surface area contributed by atoms with Crippen molar-refractivity contribution in [3.63, 3.8) is 0 Å². The van der Waals surface area contributed by atoms with Crippen molar-refractivity contribution >= 4 is 17.0 Å². The van der Waals surface area contributed by atoms with E-state index in [2.05, 4.69) is 19.1 Å². The summed E-state index contributed by atoms with van der Waals surface area (Å²) in [5.74, 6) is 0. The smallest absolute Gasteiger partial charge is 0.0472 e. The van der Waals surface area contributed by atoms with E-state index in [0.29, 0.717) is 6.42 Å². The maximum atomic E-state index is 8.96. The van der Waals surface area contributed by atoms with Crippen LogP contribution < -0.4 is 5.73 Å². The SMILES string of the molecule is Cc1ccc(-c2cccc(CCO)c2N)s1. The van der Waals surface area contributed by atoms with E-state index in [1.165, 1.54) is 9.75 Å². The lowest BCUT2D eigenvalue weighted by Crippen LogP contribution is -1.99. The quantitative estimate of drug-likeness (QED) is 0.801. The molecule has 3 N–H and O–H groups in total. The molecule has 2 nitrogen and oxygen atoms in total. The number of rotatable bonds is 3. The number of para-hydroxylation sites is 1. The van der Waals surface area contributed by atoms with Gasteiger partial charge in [-0.3, -0.25) is 0 Å². The molecule has 0 saturated carbocycles. The summed E-state index contributed by atoms with van der Waals surface area (Å²) in [5.41, 5.74) is 8.99. The lowest BCUT2D eigenvalue weighted by Gasteiger charge is -2.08. The van der Waals surface area contributed by atoms with Crippen LogP contribution in [0.1, 0.15) is 10.4 Å². The molecule has 0 saturated heterocycles. The van der Waals surface area contributed by atoms with E-state index in [4.69, 9.17) is 10.8 Å². The molecule has 1 heterocycles. The largest absolute Gasteiger partial charge is 0.398 e. The molecule has 0 radical (unpaired) electrons. The summed E-state index contributed by atoms with van der Waals surface area (Å²) in [6, 6.07) is 10.2. The first kappa shape index (κ1) is 11.2. The first-order valence-electron chi connectivity index (χ1n) is 5.27. The molecule has 2 aromatic rings. The molecule has 16 heavy (non-hydrogen) atoms. The number of hydrogen-bond donors (Lipinski definition) is 2. The van der Waals surface area contributed by atoms with Gasteiger partial charge in [0.1, 0.15) is 0 Å². The summed E-state index contributed by atoms with van der Waals surface area (Å²) in [6.45, 7) is 2.22. The third-order valence-electron chi connectivity index (χ3n) is 2.58. The summed E-state index contributed by atoms with van der Waals surface area (Å²) in [7, 11) is 0. The van der Waals surface area contributed by atoms with Crippen molar-refractivity contribution in [2.45, 2.75) is 13.3 Å². The lowest BCUT2D eigenvalue weighted by molar-refractivity contribution is 0.300. The van der Waals surface area contributed by atoms with Crippen LogP contribution in [0.4, 0.5) is 5.69 Å². The van der Waals surface area contributed by atoms with E-state index in [-0.39, 0.29) is 6.61 Å². The number of aryl methyl sites for hydroxylation is 1. The zero-order valence-electron chi connectivity index (χ0n) is 9.23. The average Bonchev–Trinajstić information content (AvgIpc) is 2.68. The van der Waals surface area contributed by atoms with Crippen molar-refractivity contribution in [2.24, 2.45) is 0 Å². The number of nitrogens with two attached hydrogens (primary N) is 1. The Kier molecular flexibility index (Phi) is 3.27. The molecule has 0 unspecified atom stereocenters. The van der Waals surface area contributed by atoms with E-state index in [9.17, 15) is 0 Å². The second kappa shape index (κ2) is 4.68. The molecule has 1 aromatic carbocycles. The zero-order valence-corrected chi connectivity index (χ0v) is 10.1. The topological polar surface area (TPSA) is 46.2 Å². The number of aliphatic hydroxyl groups excluding tert-OH is 1. The molecule has 0 aliphatic heterocycles. The number of thiophene rings is 1. The Bertz CT molecular complexity index is 490. The van der Waals surface area contributed by atoms with Gasteiger partial charge in [-0.2, -0.15) is 0 Å². The van der Waals surface area contributed by atoms with Crippen molar-refractivity contribution < 1.29 is 5.11 Å². The van der Waals surface area contributed by atoms with Crippen molar-refractivity contribution in [1.29, 1.82) is 0 Å². The molecule has 0 fully saturated rings. The lowest BCUT2D eigenvalue weighted by atomic mass is 10.0. The Hall–Kier alpha value is -1.32. The monoisotopic (exact) mass is 233 g/mol. The highest BCUT2D eigenvalue weighted by Gasteiger charge is 2.08. The van der Waals surface area contributed by atoms with Crippen LogP contribution in [0.15, 0.2) is 30.3 Å². The van der Waals surface area contributed by atoms with Crippen LogP contribution in [-0.4, -0.2) is 11.7 Å². The minimum Gasteiger partial charge on any atom is -0.398 e. The molecule has 84 valence electrons. The normalized spacial score (nSPS) is 10.6. The van der Waals surface area contributed by atoms with Crippen LogP contribution in [0, 0.1) is 6.92 Å². The third kappa shape index (κ3) is 2.10. The van der Waals surface area contributed by atoms with Gasteiger partial charge in [-0.1, -0.05) is 18.2 Å². The van der Waals surface area contributed by atoms with Crippen molar-refractivity contribution in [3.8, 4) is 10.4 Å². The number of hydrogen-bond acceptors (Lipinski definition) is 3. The van der Waals surface area contributed by atoms with Crippen LogP contribution in [0.5, 0.6) is 0 Å². The maximum absolute atomic E-state index is 8.96. The fraction of sp³-hybridized carbons (Fsp3) is 0.231. The zero-order chi connectivity index (χ0) is 11.5. The summed E-state index contributed by atoms with van der Waals surface area (Å²) in [6.07, 6.45) is 0.615. The third-order valence-corrected chi connectivity index (χ3v) is 3.62.